The van der Waals surface area contributed by atoms with Crippen LogP contribution in [-0.4, -0.2) is 60.2 Å². The van der Waals surface area contributed by atoms with Gasteiger partial charge in [0.2, 0.25) is 5.91 Å². The number of fused-ring (bicyclic) bond motifs is 1. The topological polar surface area (TPSA) is 58.6 Å². The first-order chi connectivity index (χ1) is 11.9. The molecule has 0 aliphatic carbocycles. The van der Waals surface area contributed by atoms with Crippen LogP contribution >= 0.6 is 0 Å². The Morgan fingerprint density at radius 2 is 2.08 bits per heavy atom. The van der Waals surface area contributed by atoms with Crippen molar-refractivity contribution >= 4 is 11.7 Å². The molecule has 2 aliphatic heterocycles. The van der Waals surface area contributed by atoms with E-state index < -0.39 is 0 Å². The highest BCUT2D eigenvalue weighted by Crippen LogP contribution is 2.36. The number of amides is 1. The fourth-order valence-electron chi connectivity index (χ4n) is 3.96. The van der Waals surface area contributed by atoms with Gasteiger partial charge in [0.15, 0.2) is 0 Å². The average Bonchev–Trinajstić information content (AvgIpc) is 2.89. The third-order valence-electron chi connectivity index (χ3n) is 5.59. The highest BCUT2D eigenvalue weighted by atomic mass is 16.5. The van der Waals surface area contributed by atoms with Crippen molar-refractivity contribution in [2.75, 3.05) is 38.3 Å². The number of carbonyl (C=O) groups excluding carboxylic acids is 1. The number of anilines is 1. The molecule has 0 bridgehead atoms. The van der Waals surface area contributed by atoms with Crippen LogP contribution in [0.2, 0.25) is 0 Å². The van der Waals surface area contributed by atoms with Crippen molar-refractivity contribution in [1.29, 1.82) is 0 Å². The third kappa shape index (κ3) is 3.42. The fraction of sp³-hybridized carbons (Fsp3) is 0.737. The monoisotopic (exact) mass is 346 g/mol. The summed E-state index contributed by atoms with van der Waals surface area (Å²) in [5.74, 6) is 1.78. The van der Waals surface area contributed by atoms with Crippen LogP contribution in [0, 0.1) is 6.92 Å². The second kappa shape index (κ2) is 7.00. The van der Waals surface area contributed by atoms with Gasteiger partial charge in [-0.25, -0.2) is 9.97 Å². The van der Waals surface area contributed by atoms with Crippen LogP contribution in [0.5, 0.6) is 0 Å². The molecule has 1 fully saturated rings. The Kier molecular flexibility index (Phi) is 5.11. The summed E-state index contributed by atoms with van der Waals surface area (Å²) in [6, 6.07) is 0.523. The number of likely N-dealkylation sites (tertiary alicyclic amines) is 1. The van der Waals surface area contributed by atoms with Crippen molar-refractivity contribution in [1.82, 2.24) is 14.9 Å². The quantitative estimate of drug-likeness (QED) is 0.817. The van der Waals surface area contributed by atoms with E-state index in [1.165, 1.54) is 0 Å². The molecule has 1 unspecified atom stereocenters. The maximum atomic E-state index is 12.4. The standard InChI is InChI=1S/C19H30N4O2/c1-13(2)22-8-6-7-19(4,12-22)18-20-14(3)15-11-16(24)23(9-10-25-5)17(15)21-18/h13H,6-12H2,1-5H3. The molecular formula is C19H30N4O2. The maximum Gasteiger partial charge on any atom is 0.232 e. The second-order valence-corrected chi connectivity index (χ2v) is 7.88. The first-order valence-corrected chi connectivity index (χ1v) is 9.27. The molecule has 1 aromatic heterocycles. The van der Waals surface area contributed by atoms with E-state index in [1.807, 2.05) is 6.92 Å². The largest absolute Gasteiger partial charge is 0.383 e. The van der Waals surface area contributed by atoms with Crippen molar-refractivity contribution < 1.29 is 9.53 Å². The van der Waals surface area contributed by atoms with Gasteiger partial charge < -0.3 is 4.74 Å². The van der Waals surface area contributed by atoms with E-state index in [2.05, 4.69) is 25.7 Å². The van der Waals surface area contributed by atoms with E-state index in [9.17, 15) is 4.79 Å². The van der Waals surface area contributed by atoms with Gasteiger partial charge in [-0.2, -0.15) is 0 Å². The van der Waals surface area contributed by atoms with E-state index in [4.69, 9.17) is 14.7 Å². The Morgan fingerprint density at radius 3 is 2.76 bits per heavy atom. The lowest BCUT2D eigenvalue weighted by Gasteiger charge is -2.41. The molecule has 1 saturated heterocycles. The minimum atomic E-state index is -0.0686. The molecule has 0 N–H and O–H groups in total. The van der Waals surface area contributed by atoms with Gasteiger partial charge in [0.05, 0.1) is 19.6 Å². The molecule has 0 spiro atoms. The molecule has 25 heavy (non-hydrogen) atoms. The number of ether oxygens (including phenoxy) is 1. The molecule has 1 atom stereocenters. The maximum absolute atomic E-state index is 12.4. The van der Waals surface area contributed by atoms with Crippen molar-refractivity contribution in [3.05, 3.63) is 17.1 Å². The van der Waals surface area contributed by atoms with Crippen LogP contribution in [0.25, 0.3) is 0 Å². The molecule has 3 rings (SSSR count). The number of aromatic nitrogens is 2. The lowest BCUT2D eigenvalue weighted by atomic mass is 9.80. The number of methoxy groups -OCH3 is 1. The lowest BCUT2D eigenvalue weighted by molar-refractivity contribution is -0.117. The molecule has 138 valence electrons. The van der Waals surface area contributed by atoms with Crippen LogP contribution in [0.3, 0.4) is 0 Å². The molecule has 6 heteroatoms. The summed E-state index contributed by atoms with van der Waals surface area (Å²) < 4.78 is 5.16. The van der Waals surface area contributed by atoms with E-state index >= 15 is 0 Å². The van der Waals surface area contributed by atoms with E-state index in [0.29, 0.717) is 25.6 Å². The minimum Gasteiger partial charge on any atom is -0.383 e. The number of rotatable bonds is 5. The van der Waals surface area contributed by atoms with Gasteiger partial charge in [0.1, 0.15) is 11.6 Å². The fourth-order valence-corrected chi connectivity index (χ4v) is 3.96. The van der Waals surface area contributed by atoms with E-state index in [1.54, 1.807) is 12.0 Å². The van der Waals surface area contributed by atoms with E-state index in [-0.39, 0.29) is 11.3 Å². The van der Waals surface area contributed by atoms with Crippen LogP contribution in [-0.2, 0) is 21.4 Å². The summed E-state index contributed by atoms with van der Waals surface area (Å²) >= 11 is 0. The molecule has 3 heterocycles. The number of piperidine rings is 1. The van der Waals surface area contributed by atoms with Crippen LogP contribution in [0.4, 0.5) is 5.82 Å². The zero-order valence-corrected chi connectivity index (χ0v) is 16.1. The van der Waals surface area contributed by atoms with Gasteiger partial charge in [-0.1, -0.05) is 6.92 Å². The molecule has 0 saturated carbocycles. The van der Waals surface area contributed by atoms with Crippen molar-refractivity contribution in [3.63, 3.8) is 0 Å². The van der Waals surface area contributed by atoms with Gasteiger partial charge in [-0.3, -0.25) is 14.6 Å². The van der Waals surface area contributed by atoms with Crippen LogP contribution < -0.4 is 4.90 Å². The number of carbonyl (C=O) groups is 1. The van der Waals surface area contributed by atoms with Crippen molar-refractivity contribution in [3.8, 4) is 0 Å². The molecular weight excluding hydrogens is 316 g/mol. The molecule has 1 aromatic rings. The molecule has 0 aromatic carbocycles. The highest BCUT2D eigenvalue weighted by Gasteiger charge is 2.39. The predicted octanol–water partition coefficient (Wildman–Crippen LogP) is 2.08. The normalized spacial score (nSPS) is 24.2. The first-order valence-electron chi connectivity index (χ1n) is 9.27. The lowest BCUT2D eigenvalue weighted by Crippen LogP contribution is -2.48. The molecule has 1 amide bonds. The van der Waals surface area contributed by atoms with Gasteiger partial charge >= 0.3 is 0 Å². The summed E-state index contributed by atoms with van der Waals surface area (Å²) in [7, 11) is 1.65. The van der Waals surface area contributed by atoms with Crippen molar-refractivity contribution in [2.45, 2.75) is 58.4 Å². The highest BCUT2D eigenvalue weighted by molar-refractivity contribution is 6.00. The summed E-state index contributed by atoms with van der Waals surface area (Å²) in [6.07, 6.45) is 2.64. The summed E-state index contributed by atoms with van der Waals surface area (Å²) in [6.45, 7) is 11.9. The number of hydrogen-bond acceptors (Lipinski definition) is 5. The number of nitrogens with zero attached hydrogens (tertiary/aromatic N) is 4. The van der Waals surface area contributed by atoms with Crippen LogP contribution in [0.1, 0.15) is 50.7 Å². The zero-order valence-electron chi connectivity index (χ0n) is 16.1. The summed E-state index contributed by atoms with van der Waals surface area (Å²) in [4.78, 5) is 26.4. The number of aryl methyl sites for hydroxylation is 1. The third-order valence-corrected chi connectivity index (χ3v) is 5.59. The number of hydrogen-bond donors (Lipinski definition) is 0. The Hall–Kier alpha value is -1.53. The van der Waals surface area contributed by atoms with Gasteiger partial charge in [0.25, 0.3) is 0 Å². The van der Waals surface area contributed by atoms with Gasteiger partial charge in [-0.05, 0) is 40.2 Å². The first kappa shape index (κ1) is 18.3. The van der Waals surface area contributed by atoms with E-state index in [0.717, 1.165) is 48.8 Å². The predicted molar refractivity (Wildman–Crippen MR) is 98.0 cm³/mol. The molecule has 0 radical (unpaired) electrons. The zero-order chi connectivity index (χ0) is 18.2. The SMILES string of the molecule is COCCN1C(=O)Cc2c(C)nc(C3(C)CCCN(C(C)C)C3)nc21. The summed E-state index contributed by atoms with van der Waals surface area (Å²) in [5, 5.41) is 0. The smallest absolute Gasteiger partial charge is 0.232 e. The molecule has 2 aliphatic rings. The van der Waals surface area contributed by atoms with Gasteiger partial charge in [-0.15, -0.1) is 0 Å². The van der Waals surface area contributed by atoms with Crippen molar-refractivity contribution in [2.24, 2.45) is 0 Å². The molecule has 6 nitrogen and oxygen atoms in total. The Bertz CT molecular complexity index is 661. The average molecular weight is 346 g/mol. The van der Waals surface area contributed by atoms with Gasteiger partial charge in [0, 0.05) is 36.4 Å². The Morgan fingerprint density at radius 1 is 1.32 bits per heavy atom. The van der Waals surface area contributed by atoms with Crippen LogP contribution in [0.15, 0.2) is 0 Å². The second-order valence-electron chi connectivity index (χ2n) is 7.88. The summed E-state index contributed by atoms with van der Waals surface area (Å²) in [5.41, 5.74) is 1.85. The minimum absolute atomic E-state index is 0.0686. The Balaban J connectivity index is 1.95. The Labute approximate surface area is 150 Å².